The molecule has 0 radical (unpaired) electrons. The molecule has 0 aliphatic carbocycles. The van der Waals surface area contributed by atoms with Gasteiger partial charge in [0.25, 0.3) is 0 Å². The fourth-order valence-electron chi connectivity index (χ4n) is 7.27. The summed E-state index contributed by atoms with van der Waals surface area (Å²) in [6.07, 6.45) is 49.1. The van der Waals surface area contributed by atoms with Crippen LogP contribution in [-0.4, -0.2) is 73.4 Å². The van der Waals surface area contributed by atoms with E-state index in [0.717, 1.165) is 38.5 Å². The molecular weight excluding hydrogens is 744 g/mol. The van der Waals surface area contributed by atoms with Crippen LogP contribution >= 0.6 is 7.82 Å². The average molecular weight is 842 g/mol. The van der Waals surface area contributed by atoms with Gasteiger partial charge in [0.15, 0.2) is 0 Å². The first-order valence-electron chi connectivity index (χ1n) is 24.7. The Morgan fingerprint density at radius 1 is 0.586 bits per heavy atom. The number of allylic oxidation sites excluding steroid dienone is 4. The molecular formula is C49H98N2O6P+. The first kappa shape index (κ1) is 57.0. The fourth-order valence-corrected chi connectivity index (χ4v) is 8.01. The Bertz CT molecular complexity index is 1000. The van der Waals surface area contributed by atoms with E-state index in [2.05, 4.69) is 43.5 Å². The van der Waals surface area contributed by atoms with Gasteiger partial charge in [0.1, 0.15) is 13.2 Å². The lowest BCUT2D eigenvalue weighted by Crippen LogP contribution is -2.46. The van der Waals surface area contributed by atoms with Crippen LogP contribution in [0, 0.1) is 0 Å². The van der Waals surface area contributed by atoms with E-state index in [0.29, 0.717) is 23.9 Å². The monoisotopic (exact) mass is 842 g/mol. The predicted octanol–water partition coefficient (Wildman–Crippen LogP) is 14.1. The van der Waals surface area contributed by atoms with E-state index in [1.165, 1.54) is 167 Å². The first-order valence-corrected chi connectivity index (χ1v) is 26.2. The minimum absolute atomic E-state index is 0.0749. The number of unbranched alkanes of at least 4 members (excludes halogenated alkanes) is 29. The molecule has 0 aliphatic rings. The second-order valence-electron chi connectivity index (χ2n) is 18.2. The highest BCUT2D eigenvalue weighted by molar-refractivity contribution is 7.47. The number of rotatable bonds is 45. The van der Waals surface area contributed by atoms with Crippen LogP contribution < -0.4 is 5.32 Å². The molecule has 8 nitrogen and oxygen atoms in total. The number of amides is 1. The van der Waals surface area contributed by atoms with Crippen molar-refractivity contribution in [3.05, 3.63) is 24.3 Å². The number of carbonyl (C=O) groups is 1. The van der Waals surface area contributed by atoms with Gasteiger partial charge in [-0.1, -0.05) is 212 Å². The molecule has 0 heterocycles. The Kier molecular flexibility index (Phi) is 40.6. The molecule has 0 aromatic carbocycles. The average Bonchev–Trinajstić information content (AvgIpc) is 3.17. The number of hydrogen-bond donors (Lipinski definition) is 3. The number of likely N-dealkylation sites (N-methyl/N-ethyl adjacent to an activating group) is 1. The Balaban J connectivity index is 4.28. The minimum atomic E-state index is -4.32. The van der Waals surface area contributed by atoms with Crippen molar-refractivity contribution in [2.45, 2.75) is 244 Å². The lowest BCUT2D eigenvalue weighted by atomic mass is 10.0. The largest absolute Gasteiger partial charge is 0.472 e. The molecule has 1 amide bonds. The normalized spacial score (nSPS) is 14.4. The van der Waals surface area contributed by atoms with Gasteiger partial charge in [-0.2, -0.15) is 0 Å². The van der Waals surface area contributed by atoms with Crippen LogP contribution in [0.1, 0.15) is 232 Å². The van der Waals surface area contributed by atoms with Crippen molar-refractivity contribution in [3.8, 4) is 0 Å². The van der Waals surface area contributed by atoms with Gasteiger partial charge in [0, 0.05) is 6.42 Å². The number of carbonyl (C=O) groups excluding carboxylic acids is 1. The molecule has 0 aromatic rings. The molecule has 0 saturated heterocycles. The zero-order valence-electron chi connectivity index (χ0n) is 39.0. The Morgan fingerprint density at radius 2 is 0.966 bits per heavy atom. The molecule has 344 valence electrons. The number of phosphoric ester groups is 1. The number of aliphatic hydroxyl groups excluding tert-OH is 1. The van der Waals surface area contributed by atoms with Gasteiger partial charge < -0.3 is 19.8 Å². The molecule has 3 unspecified atom stereocenters. The van der Waals surface area contributed by atoms with Gasteiger partial charge >= 0.3 is 7.82 Å². The molecule has 3 N–H and O–H groups in total. The van der Waals surface area contributed by atoms with E-state index < -0.39 is 20.0 Å². The van der Waals surface area contributed by atoms with Crippen molar-refractivity contribution >= 4 is 13.7 Å². The molecule has 58 heavy (non-hydrogen) atoms. The van der Waals surface area contributed by atoms with Crippen molar-refractivity contribution in [1.29, 1.82) is 0 Å². The molecule has 3 atom stereocenters. The summed E-state index contributed by atoms with van der Waals surface area (Å²) in [5.74, 6) is -0.147. The molecule has 0 rings (SSSR count). The summed E-state index contributed by atoms with van der Waals surface area (Å²) in [5, 5.41) is 14.0. The summed E-state index contributed by atoms with van der Waals surface area (Å²) in [5.41, 5.74) is 0. The van der Waals surface area contributed by atoms with Crippen molar-refractivity contribution in [2.24, 2.45) is 0 Å². The molecule has 0 saturated carbocycles. The summed E-state index contributed by atoms with van der Waals surface area (Å²) in [7, 11) is 1.62. The zero-order valence-corrected chi connectivity index (χ0v) is 39.9. The molecule has 0 bridgehead atoms. The second-order valence-corrected chi connectivity index (χ2v) is 19.7. The van der Waals surface area contributed by atoms with Crippen LogP contribution in [-0.2, 0) is 18.4 Å². The highest BCUT2D eigenvalue weighted by Crippen LogP contribution is 2.43. The number of hydrogen-bond acceptors (Lipinski definition) is 5. The third kappa shape index (κ3) is 43.1. The van der Waals surface area contributed by atoms with Crippen molar-refractivity contribution in [3.63, 3.8) is 0 Å². The summed E-state index contributed by atoms with van der Waals surface area (Å²) in [6, 6.07) is -0.760. The SMILES string of the molecule is CCCCC/C=C\C=C/CCCCCCCCCCCCC(=O)NC(COP(=O)(O)OCC[N+](C)(C)C)C(O)CCCCCCCCCCCCCCCCCCC. The van der Waals surface area contributed by atoms with Gasteiger partial charge in [-0.05, 0) is 38.5 Å². The van der Waals surface area contributed by atoms with Crippen LogP contribution in [0.3, 0.4) is 0 Å². The molecule has 0 spiro atoms. The number of phosphoric acid groups is 1. The summed E-state index contributed by atoms with van der Waals surface area (Å²) < 4.78 is 23.7. The number of aliphatic hydroxyl groups is 1. The van der Waals surface area contributed by atoms with E-state index in [1.54, 1.807) is 0 Å². The topological polar surface area (TPSA) is 105 Å². The van der Waals surface area contributed by atoms with Crippen LogP contribution in [0.4, 0.5) is 0 Å². The van der Waals surface area contributed by atoms with Crippen LogP contribution in [0.2, 0.25) is 0 Å². The molecule has 0 aliphatic heterocycles. The Labute approximate surface area is 360 Å². The number of nitrogens with zero attached hydrogens (tertiary/aromatic N) is 1. The van der Waals surface area contributed by atoms with E-state index in [4.69, 9.17) is 9.05 Å². The maximum Gasteiger partial charge on any atom is 0.472 e. The van der Waals surface area contributed by atoms with E-state index in [-0.39, 0.29) is 19.1 Å². The lowest BCUT2D eigenvalue weighted by molar-refractivity contribution is -0.870. The maximum absolute atomic E-state index is 12.9. The van der Waals surface area contributed by atoms with Crippen molar-refractivity contribution in [1.82, 2.24) is 5.32 Å². The van der Waals surface area contributed by atoms with Gasteiger partial charge in [0.2, 0.25) is 5.91 Å². The van der Waals surface area contributed by atoms with Crippen LogP contribution in [0.5, 0.6) is 0 Å². The van der Waals surface area contributed by atoms with Crippen molar-refractivity contribution in [2.75, 3.05) is 40.9 Å². The minimum Gasteiger partial charge on any atom is -0.391 e. The van der Waals surface area contributed by atoms with Gasteiger partial charge in [0.05, 0.1) is 39.9 Å². The second kappa shape index (κ2) is 41.3. The van der Waals surface area contributed by atoms with Gasteiger partial charge in [-0.15, -0.1) is 0 Å². The van der Waals surface area contributed by atoms with Crippen molar-refractivity contribution < 1.29 is 32.9 Å². The molecule has 9 heteroatoms. The first-order chi connectivity index (χ1) is 28.0. The Hall–Kier alpha value is -1.02. The van der Waals surface area contributed by atoms with E-state index in [9.17, 15) is 19.4 Å². The standard InChI is InChI=1S/C49H97N2O6P/c1-6-8-10-12-14-16-18-20-22-24-25-27-29-31-33-35-37-39-41-43-49(53)50-47(46-57-58(54,55)56-45-44-51(3,4)5)48(52)42-40-38-36-34-32-30-28-26-23-21-19-17-15-13-11-9-7-2/h14,16,18,20,47-48,52H,6-13,15,17,19,21-46H2,1-5H3,(H-,50,53,54,55)/p+1/b16-14-,20-18-. The third-order valence-corrected chi connectivity index (χ3v) is 12.2. The van der Waals surface area contributed by atoms with Crippen LogP contribution in [0.15, 0.2) is 24.3 Å². The fraction of sp³-hybridized carbons (Fsp3) is 0.898. The maximum atomic E-state index is 12.9. The summed E-state index contributed by atoms with van der Waals surface area (Å²) in [4.78, 5) is 23.2. The smallest absolute Gasteiger partial charge is 0.391 e. The highest BCUT2D eigenvalue weighted by atomic mass is 31.2. The number of nitrogens with one attached hydrogen (secondary N) is 1. The molecule has 0 aromatic heterocycles. The predicted molar refractivity (Wildman–Crippen MR) is 249 cm³/mol. The summed E-state index contributed by atoms with van der Waals surface area (Å²) in [6.45, 7) is 4.88. The number of quaternary nitrogens is 1. The van der Waals surface area contributed by atoms with Gasteiger partial charge in [-0.3, -0.25) is 13.8 Å². The van der Waals surface area contributed by atoms with E-state index >= 15 is 0 Å². The molecule has 0 fully saturated rings. The van der Waals surface area contributed by atoms with Gasteiger partial charge in [-0.25, -0.2) is 4.57 Å². The third-order valence-electron chi connectivity index (χ3n) is 11.2. The van der Waals surface area contributed by atoms with Crippen LogP contribution in [0.25, 0.3) is 0 Å². The Morgan fingerprint density at radius 3 is 1.41 bits per heavy atom. The highest BCUT2D eigenvalue weighted by Gasteiger charge is 2.28. The zero-order chi connectivity index (χ0) is 42.8. The summed E-state index contributed by atoms with van der Waals surface area (Å²) >= 11 is 0. The quantitative estimate of drug-likeness (QED) is 0.0244. The van der Waals surface area contributed by atoms with E-state index in [1.807, 2.05) is 21.1 Å². The lowest BCUT2D eigenvalue weighted by Gasteiger charge is -2.26.